The van der Waals surface area contributed by atoms with Gasteiger partial charge in [-0.25, -0.2) is 9.37 Å². The van der Waals surface area contributed by atoms with Crippen LogP contribution < -0.4 is 5.32 Å². The third kappa shape index (κ3) is 4.85. The van der Waals surface area contributed by atoms with Crippen molar-refractivity contribution in [2.45, 2.75) is 20.4 Å². The Bertz CT molecular complexity index is 1620. The van der Waals surface area contributed by atoms with E-state index in [4.69, 9.17) is 0 Å². The van der Waals surface area contributed by atoms with Crippen LogP contribution in [0.25, 0.3) is 33.6 Å². The first-order valence-electron chi connectivity index (χ1n) is 11.1. The predicted molar refractivity (Wildman–Crippen MR) is 143 cm³/mol. The molecular weight excluding hydrogens is 477 g/mol. The van der Waals surface area contributed by atoms with Gasteiger partial charge in [0.2, 0.25) is 5.91 Å². The zero-order chi connectivity index (χ0) is 24.5. The Morgan fingerprint density at radius 3 is 2.61 bits per heavy atom. The highest BCUT2D eigenvalue weighted by Gasteiger charge is 2.14. The SMILES string of the molecule is Cc1cc2nc(C(C#N)=Cc3cn(CC(=O)Nc4ccc(F)cc4)c4ccccc34)[nH]c2cc1C.Cl. The topological polar surface area (TPSA) is 86.5 Å². The van der Waals surface area contributed by atoms with Gasteiger partial charge in [-0.2, -0.15) is 5.26 Å². The number of aryl methyl sites for hydroxylation is 2. The van der Waals surface area contributed by atoms with Gasteiger partial charge in [0.1, 0.15) is 24.3 Å². The van der Waals surface area contributed by atoms with E-state index in [1.165, 1.54) is 24.3 Å². The molecule has 0 fully saturated rings. The zero-order valence-electron chi connectivity index (χ0n) is 19.7. The monoisotopic (exact) mass is 499 g/mol. The number of hydrogen-bond donors (Lipinski definition) is 2. The Morgan fingerprint density at radius 1 is 1.14 bits per heavy atom. The molecular formula is C28H23ClFN5O. The molecule has 3 aromatic carbocycles. The van der Waals surface area contributed by atoms with Crippen molar-refractivity contribution in [3.05, 3.63) is 95.2 Å². The number of allylic oxidation sites excluding steroid dienone is 1. The first kappa shape index (κ1) is 24.7. The van der Waals surface area contributed by atoms with Crippen molar-refractivity contribution < 1.29 is 9.18 Å². The summed E-state index contributed by atoms with van der Waals surface area (Å²) in [5.41, 5.74) is 6.57. The molecule has 0 saturated heterocycles. The van der Waals surface area contributed by atoms with Gasteiger partial charge in [-0.05, 0) is 73.5 Å². The third-order valence-corrected chi connectivity index (χ3v) is 6.03. The molecule has 0 bridgehead atoms. The Balaban J connectivity index is 0.00000304. The van der Waals surface area contributed by atoms with Gasteiger partial charge < -0.3 is 14.9 Å². The molecule has 2 N–H and O–H groups in total. The summed E-state index contributed by atoms with van der Waals surface area (Å²) >= 11 is 0. The summed E-state index contributed by atoms with van der Waals surface area (Å²) in [6, 6.07) is 19.6. The van der Waals surface area contributed by atoms with E-state index < -0.39 is 0 Å². The van der Waals surface area contributed by atoms with Crippen molar-refractivity contribution in [3.63, 3.8) is 0 Å². The molecule has 0 atom stereocenters. The lowest BCUT2D eigenvalue weighted by atomic mass is 10.1. The highest BCUT2D eigenvalue weighted by atomic mass is 35.5. The number of aromatic amines is 1. The number of halogens is 2. The van der Waals surface area contributed by atoms with Crippen LogP contribution in [0.1, 0.15) is 22.5 Å². The van der Waals surface area contributed by atoms with Crippen LogP contribution in [0.3, 0.4) is 0 Å². The molecule has 180 valence electrons. The van der Waals surface area contributed by atoms with E-state index >= 15 is 0 Å². The number of amides is 1. The third-order valence-electron chi connectivity index (χ3n) is 6.03. The van der Waals surface area contributed by atoms with E-state index in [1.807, 2.05) is 61.0 Å². The van der Waals surface area contributed by atoms with Gasteiger partial charge in [-0.1, -0.05) is 18.2 Å². The Hall–Kier alpha value is -4.41. The molecule has 0 aliphatic rings. The first-order chi connectivity index (χ1) is 16.9. The Labute approximate surface area is 213 Å². The average Bonchev–Trinajstić information content (AvgIpc) is 3.40. The fraction of sp³-hybridized carbons (Fsp3) is 0.107. The smallest absolute Gasteiger partial charge is 0.244 e. The van der Waals surface area contributed by atoms with E-state index in [9.17, 15) is 14.4 Å². The standard InChI is InChI=1S/C28H22FN5O.ClH/c1-17-11-24-25(12-18(17)2)33-28(32-24)19(14-30)13-20-15-34(26-6-4-3-5-23(20)26)16-27(35)31-22-9-7-21(29)8-10-22;/h3-13,15H,16H2,1-2H3,(H,31,35)(H,32,33);1H. The molecule has 0 aliphatic heterocycles. The van der Waals surface area contributed by atoms with Crippen LogP contribution in [-0.4, -0.2) is 20.4 Å². The molecule has 1 amide bonds. The summed E-state index contributed by atoms with van der Waals surface area (Å²) in [4.78, 5) is 20.5. The largest absolute Gasteiger partial charge is 0.337 e. The second kappa shape index (κ2) is 10.1. The number of hydrogen-bond acceptors (Lipinski definition) is 3. The van der Waals surface area contributed by atoms with Crippen LogP contribution in [0.5, 0.6) is 0 Å². The summed E-state index contributed by atoms with van der Waals surface area (Å²) in [6.07, 6.45) is 3.64. The second-order valence-corrected chi connectivity index (χ2v) is 8.49. The molecule has 0 radical (unpaired) electrons. The Morgan fingerprint density at radius 2 is 1.86 bits per heavy atom. The van der Waals surface area contributed by atoms with Crippen LogP contribution in [0.2, 0.25) is 0 Å². The van der Waals surface area contributed by atoms with Crippen LogP contribution in [0.15, 0.2) is 66.9 Å². The number of para-hydroxylation sites is 1. The van der Waals surface area contributed by atoms with Crippen molar-refractivity contribution in [1.29, 1.82) is 5.26 Å². The summed E-state index contributed by atoms with van der Waals surface area (Å²) in [5.74, 6) is -0.103. The number of aromatic nitrogens is 3. The molecule has 0 saturated carbocycles. The molecule has 2 aromatic heterocycles. The fourth-order valence-electron chi connectivity index (χ4n) is 4.12. The predicted octanol–water partition coefficient (Wildman–Crippen LogP) is 6.40. The highest BCUT2D eigenvalue weighted by Crippen LogP contribution is 2.27. The molecule has 0 unspecified atom stereocenters. The van der Waals surface area contributed by atoms with Gasteiger partial charge >= 0.3 is 0 Å². The van der Waals surface area contributed by atoms with Gasteiger partial charge in [0, 0.05) is 28.4 Å². The lowest BCUT2D eigenvalue weighted by molar-refractivity contribution is -0.116. The molecule has 0 spiro atoms. The second-order valence-electron chi connectivity index (χ2n) is 8.49. The number of carbonyl (C=O) groups is 1. The van der Waals surface area contributed by atoms with Crippen molar-refractivity contribution >= 4 is 57.6 Å². The number of fused-ring (bicyclic) bond motifs is 2. The van der Waals surface area contributed by atoms with Crippen molar-refractivity contribution in [1.82, 2.24) is 14.5 Å². The normalized spacial score (nSPS) is 11.3. The number of nitriles is 1. The fourth-order valence-corrected chi connectivity index (χ4v) is 4.12. The van der Waals surface area contributed by atoms with E-state index in [0.29, 0.717) is 17.1 Å². The summed E-state index contributed by atoms with van der Waals surface area (Å²) in [6.45, 7) is 4.14. The lowest BCUT2D eigenvalue weighted by Gasteiger charge is -2.07. The molecule has 36 heavy (non-hydrogen) atoms. The first-order valence-corrected chi connectivity index (χ1v) is 11.1. The van der Waals surface area contributed by atoms with Gasteiger partial charge in [0.05, 0.1) is 16.6 Å². The lowest BCUT2D eigenvalue weighted by Crippen LogP contribution is -2.18. The van der Waals surface area contributed by atoms with Crippen LogP contribution in [0, 0.1) is 31.0 Å². The minimum atomic E-state index is -0.362. The quantitative estimate of drug-likeness (QED) is 0.274. The number of carbonyl (C=O) groups excluding carboxylic acids is 1. The molecule has 8 heteroatoms. The van der Waals surface area contributed by atoms with Gasteiger partial charge in [0.25, 0.3) is 0 Å². The van der Waals surface area contributed by atoms with E-state index in [-0.39, 0.29) is 30.7 Å². The summed E-state index contributed by atoms with van der Waals surface area (Å²) in [7, 11) is 0. The maximum Gasteiger partial charge on any atom is 0.244 e. The maximum absolute atomic E-state index is 13.1. The van der Waals surface area contributed by atoms with Gasteiger partial charge in [0.15, 0.2) is 0 Å². The molecule has 2 heterocycles. The van der Waals surface area contributed by atoms with Gasteiger partial charge in [-0.15, -0.1) is 12.4 Å². The minimum Gasteiger partial charge on any atom is -0.337 e. The number of imidazole rings is 1. The van der Waals surface area contributed by atoms with Gasteiger partial charge in [-0.3, -0.25) is 4.79 Å². The van der Waals surface area contributed by atoms with E-state index in [1.54, 1.807) is 6.08 Å². The van der Waals surface area contributed by atoms with Crippen molar-refractivity contribution in [2.24, 2.45) is 0 Å². The zero-order valence-corrected chi connectivity index (χ0v) is 20.5. The molecule has 0 aliphatic carbocycles. The van der Waals surface area contributed by atoms with Crippen molar-refractivity contribution in [3.8, 4) is 6.07 Å². The highest BCUT2D eigenvalue weighted by molar-refractivity contribution is 5.99. The average molecular weight is 500 g/mol. The molecule has 6 nitrogen and oxygen atoms in total. The van der Waals surface area contributed by atoms with E-state index in [0.717, 1.165) is 38.6 Å². The Kier molecular flexibility index (Phi) is 6.91. The van der Waals surface area contributed by atoms with Crippen LogP contribution >= 0.6 is 12.4 Å². The molecule has 5 rings (SSSR count). The number of benzene rings is 3. The summed E-state index contributed by atoms with van der Waals surface area (Å²) in [5, 5.41) is 13.6. The van der Waals surface area contributed by atoms with Crippen LogP contribution in [-0.2, 0) is 11.3 Å². The summed E-state index contributed by atoms with van der Waals surface area (Å²) < 4.78 is 15.0. The molecule has 5 aromatic rings. The van der Waals surface area contributed by atoms with Crippen LogP contribution in [0.4, 0.5) is 10.1 Å². The van der Waals surface area contributed by atoms with E-state index in [2.05, 4.69) is 21.4 Å². The maximum atomic E-state index is 13.1. The minimum absolute atomic E-state index is 0. The number of anilines is 1. The number of nitrogens with zero attached hydrogens (tertiary/aromatic N) is 3. The van der Waals surface area contributed by atoms with Crippen molar-refractivity contribution in [2.75, 3.05) is 5.32 Å². The number of rotatable bonds is 5. The number of H-pyrrole nitrogens is 1. The number of nitrogens with one attached hydrogen (secondary N) is 2.